The molecule has 118 valence electrons. The van der Waals surface area contributed by atoms with Gasteiger partial charge in [-0.05, 0) is 26.0 Å². The molecule has 6 nitrogen and oxygen atoms in total. The SMILES string of the molecule is CC1(C)OCC(C2OC3OC(c4ccccc4)=NC3C2O)O1. The summed E-state index contributed by atoms with van der Waals surface area (Å²) in [5, 5.41) is 10.5. The van der Waals surface area contributed by atoms with Crippen LogP contribution >= 0.6 is 0 Å². The second-order valence-corrected chi connectivity index (χ2v) is 6.24. The van der Waals surface area contributed by atoms with E-state index in [0.717, 1.165) is 5.56 Å². The number of ether oxygens (including phenoxy) is 4. The van der Waals surface area contributed by atoms with Crippen molar-refractivity contribution in [3.05, 3.63) is 35.9 Å². The van der Waals surface area contributed by atoms with Crippen molar-refractivity contribution in [3.8, 4) is 0 Å². The van der Waals surface area contributed by atoms with Gasteiger partial charge in [-0.25, -0.2) is 4.99 Å². The van der Waals surface area contributed by atoms with Crippen molar-refractivity contribution in [2.45, 2.75) is 50.3 Å². The predicted molar refractivity (Wildman–Crippen MR) is 77.4 cm³/mol. The third kappa shape index (κ3) is 2.32. The van der Waals surface area contributed by atoms with Crippen LogP contribution in [0.4, 0.5) is 0 Å². The Morgan fingerprint density at radius 1 is 1.23 bits per heavy atom. The Morgan fingerprint density at radius 2 is 2.00 bits per heavy atom. The topological polar surface area (TPSA) is 69.5 Å². The minimum absolute atomic E-state index is 0.311. The monoisotopic (exact) mass is 305 g/mol. The lowest BCUT2D eigenvalue weighted by Gasteiger charge is -2.23. The molecule has 3 aliphatic rings. The average molecular weight is 305 g/mol. The van der Waals surface area contributed by atoms with Crippen LogP contribution in [-0.4, -0.2) is 54.0 Å². The van der Waals surface area contributed by atoms with Crippen molar-refractivity contribution < 1.29 is 24.1 Å². The third-order valence-electron chi connectivity index (χ3n) is 4.17. The summed E-state index contributed by atoms with van der Waals surface area (Å²) in [6.45, 7) is 4.08. The molecule has 1 aromatic carbocycles. The summed E-state index contributed by atoms with van der Waals surface area (Å²) in [6, 6.07) is 9.18. The summed E-state index contributed by atoms with van der Waals surface area (Å²) in [5.41, 5.74) is 0.880. The molecule has 22 heavy (non-hydrogen) atoms. The van der Waals surface area contributed by atoms with Crippen LogP contribution in [0.25, 0.3) is 0 Å². The molecule has 0 aliphatic carbocycles. The van der Waals surface area contributed by atoms with Crippen molar-refractivity contribution in [2.75, 3.05) is 6.61 Å². The van der Waals surface area contributed by atoms with Gasteiger partial charge in [0.25, 0.3) is 0 Å². The number of nitrogens with zero attached hydrogens (tertiary/aromatic N) is 1. The molecule has 2 saturated heterocycles. The van der Waals surface area contributed by atoms with Crippen molar-refractivity contribution in [3.63, 3.8) is 0 Å². The first-order valence-electron chi connectivity index (χ1n) is 7.49. The van der Waals surface area contributed by atoms with Gasteiger partial charge in [0, 0.05) is 5.56 Å². The molecule has 2 fully saturated rings. The fourth-order valence-corrected chi connectivity index (χ4v) is 3.09. The molecule has 3 heterocycles. The number of aliphatic hydroxyl groups excluding tert-OH is 1. The Bertz CT molecular complexity index is 587. The van der Waals surface area contributed by atoms with Gasteiger partial charge in [0.15, 0.2) is 5.79 Å². The largest absolute Gasteiger partial charge is 0.445 e. The first kappa shape index (κ1) is 14.1. The minimum atomic E-state index is -0.770. The molecule has 0 radical (unpaired) electrons. The second-order valence-electron chi connectivity index (χ2n) is 6.24. The molecule has 0 bridgehead atoms. The molecular weight excluding hydrogens is 286 g/mol. The lowest BCUT2D eigenvalue weighted by Crippen LogP contribution is -2.40. The molecule has 5 unspecified atom stereocenters. The number of rotatable bonds is 2. The summed E-state index contributed by atoms with van der Waals surface area (Å²) >= 11 is 0. The van der Waals surface area contributed by atoms with Gasteiger partial charge in [0.1, 0.15) is 24.4 Å². The number of aliphatic imine (C=N–C) groups is 1. The lowest BCUT2D eigenvalue weighted by molar-refractivity contribution is -0.172. The van der Waals surface area contributed by atoms with E-state index in [0.29, 0.717) is 12.5 Å². The smallest absolute Gasteiger partial charge is 0.227 e. The van der Waals surface area contributed by atoms with Gasteiger partial charge in [-0.3, -0.25) is 0 Å². The summed E-state index contributed by atoms with van der Waals surface area (Å²) < 4.78 is 22.9. The van der Waals surface area contributed by atoms with Crippen LogP contribution in [0.2, 0.25) is 0 Å². The van der Waals surface area contributed by atoms with Gasteiger partial charge >= 0.3 is 0 Å². The van der Waals surface area contributed by atoms with E-state index in [9.17, 15) is 5.11 Å². The molecular formula is C16H19NO5. The Hall–Kier alpha value is -1.47. The molecule has 4 rings (SSSR count). The third-order valence-corrected chi connectivity index (χ3v) is 4.17. The van der Waals surface area contributed by atoms with E-state index in [1.807, 2.05) is 44.2 Å². The highest BCUT2D eigenvalue weighted by molar-refractivity contribution is 5.95. The van der Waals surface area contributed by atoms with E-state index in [2.05, 4.69) is 4.99 Å². The molecule has 1 aromatic rings. The molecule has 0 spiro atoms. The van der Waals surface area contributed by atoms with Crippen LogP contribution in [0.1, 0.15) is 19.4 Å². The van der Waals surface area contributed by atoms with E-state index in [4.69, 9.17) is 18.9 Å². The van der Waals surface area contributed by atoms with Crippen LogP contribution in [0.5, 0.6) is 0 Å². The first-order valence-corrected chi connectivity index (χ1v) is 7.49. The van der Waals surface area contributed by atoms with E-state index in [1.54, 1.807) is 0 Å². The zero-order valence-corrected chi connectivity index (χ0v) is 12.5. The van der Waals surface area contributed by atoms with Crippen molar-refractivity contribution in [1.29, 1.82) is 0 Å². The standard InChI is InChI=1S/C16H19NO5/c1-16(2)19-8-10(22-16)13-12(18)11-15(20-13)21-14(17-11)9-6-4-3-5-7-9/h3-7,10-13,15,18H,8H2,1-2H3. The van der Waals surface area contributed by atoms with Crippen molar-refractivity contribution in [1.82, 2.24) is 0 Å². The predicted octanol–water partition coefficient (Wildman–Crippen LogP) is 1.07. The van der Waals surface area contributed by atoms with Crippen LogP contribution in [0.3, 0.4) is 0 Å². The Kier molecular flexibility index (Phi) is 3.23. The number of aliphatic hydroxyl groups is 1. The van der Waals surface area contributed by atoms with Gasteiger partial charge < -0.3 is 24.1 Å². The van der Waals surface area contributed by atoms with Gasteiger partial charge in [0.05, 0.1) is 6.61 Å². The second kappa shape index (κ2) is 5.03. The van der Waals surface area contributed by atoms with Crippen LogP contribution in [0.15, 0.2) is 35.3 Å². The summed E-state index contributed by atoms with van der Waals surface area (Å²) in [6.07, 6.45) is -2.14. The van der Waals surface area contributed by atoms with Crippen LogP contribution in [0, 0.1) is 0 Å². The average Bonchev–Trinajstić information content (AvgIpc) is 3.15. The molecule has 0 aromatic heterocycles. The first-order chi connectivity index (χ1) is 10.5. The number of benzene rings is 1. The quantitative estimate of drug-likeness (QED) is 0.885. The number of fused-ring (bicyclic) bond motifs is 1. The highest BCUT2D eigenvalue weighted by Crippen LogP contribution is 2.36. The summed E-state index contributed by atoms with van der Waals surface area (Å²) in [5.74, 6) is -0.137. The fraction of sp³-hybridized carbons (Fsp3) is 0.562. The Labute approximate surface area is 128 Å². The van der Waals surface area contributed by atoms with Gasteiger partial charge in [-0.15, -0.1) is 0 Å². The maximum atomic E-state index is 10.5. The summed E-state index contributed by atoms with van der Waals surface area (Å²) in [4.78, 5) is 4.48. The van der Waals surface area contributed by atoms with Crippen LogP contribution in [-0.2, 0) is 18.9 Å². The van der Waals surface area contributed by atoms with Crippen LogP contribution < -0.4 is 0 Å². The van der Waals surface area contributed by atoms with E-state index in [1.165, 1.54) is 0 Å². The maximum Gasteiger partial charge on any atom is 0.227 e. The molecule has 1 N–H and O–H groups in total. The highest BCUT2D eigenvalue weighted by atomic mass is 16.8. The Morgan fingerprint density at radius 3 is 2.64 bits per heavy atom. The summed E-state index contributed by atoms with van der Waals surface area (Å²) in [7, 11) is 0. The normalized spacial score (nSPS) is 39.4. The fourth-order valence-electron chi connectivity index (χ4n) is 3.09. The zero-order valence-electron chi connectivity index (χ0n) is 12.5. The van der Waals surface area contributed by atoms with E-state index in [-0.39, 0.29) is 6.10 Å². The van der Waals surface area contributed by atoms with Gasteiger partial charge in [-0.2, -0.15) is 0 Å². The molecule has 0 saturated carbocycles. The van der Waals surface area contributed by atoms with Crippen molar-refractivity contribution >= 4 is 5.90 Å². The van der Waals surface area contributed by atoms with Gasteiger partial charge in [-0.1, -0.05) is 18.2 Å². The van der Waals surface area contributed by atoms with E-state index >= 15 is 0 Å². The van der Waals surface area contributed by atoms with E-state index < -0.39 is 30.3 Å². The number of hydrogen-bond acceptors (Lipinski definition) is 6. The lowest BCUT2D eigenvalue weighted by atomic mass is 10.1. The zero-order chi connectivity index (χ0) is 15.3. The van der Waals surface area contributed by atoms with Gasteiger partial charge in [0.2, 0.25) is 12.2 Å². The molecule has 3 aliphatic heterocycles. The Balaban J connectivity index is 1.50. The van der Waals surface area contributed by atoms with Crippen molar-refractivity contribution in [2.24, 2.45) is 4.99 Å². The number of hydrogen-bond donors (Lipinski definition) is 1. The molecule has 6 heteroatoms. The molecule has 0 amide bonds. The minimum Gasteiger partial charge on any atom is -0.445 e. The molecule has 5 atom stereocenters. The highest BCUT2D eigenvalue weighted by Gasteiger charge is 2.54. The maximum absolute atomic E-state index is 10.5.